The maximum Gasteiger partial charge on any atom is 0.438 e. The van der Waals surface area contributed by atoms with Crippen molar-refractivity contribution in [2.75, 3.05) is 26.9 Å². The standard InChI is InChI=1S/C41H52F6N6O10S/c1-7-61-25-12-13-27-28(17-25)49-33(31(48-27)40(42,43)44)62-26-18-29-32(54)51-39(35(56)52-64(58,59)38(5)14-15-38)19-24(39)11-9-8-10-22(2)16-23(21-60-6)30(34(55)53(29)20-26)50-36(57)63-37(3,4)41(45,46)47/h9,11-13,17,22-24,26,29-30H,7-8,10,14-16,18-21H2,1-6H3,(H,50,57)(H,51,54)(H,52,56)/b11-9-/t22-,23-,24-,26+,29-,30-,39-/m0/s1. The highest BCUT2D eigenvalue weighted by Gasteiger charge is 2.63. The van der Waals surface area contributed by atoms with Crippen LogP contribution in [0, 0.1) is 17.8 Å². The lowest BCUT2D eigenvalue weighted by Gasteiger charge is -2.35. The van der Waals surface area contributed by atoms with Crippen molar-refractivity contribution in [2.24, 2.45) is 17.8 Å². The minimum absolute atomic E-state index is 0.0459. The van der Waals surface area contributed by atoms with E-state index < -0.39 is 117 Å². The third kappa shape index (κ3) is 10.3. The van der Waals surface area contributed by atoms with Crippen molar-refractivity contribution in [3.05, 3.63) is 36.0 Å². The lowest BCUT2D eigenvalue weighted by molar-refractivity contribution is -0.244. The molecule has 23 heteroatoms. The van der Waals surface area contributed by atoms with Gasteiger partial charge in [-0.2, -0.15) is 26.3 Å². The highest BCUT2D eigenvalue weighted by atomic mass is 32.2. The average Bonchev–Trinajstić information content (AvgIpc) is 4.07. The van der Waals surface area contributed by atoms with Gasteiger partial charge in [0.2, 0.25) is 39.0 Å². The van der Waals surface area contributed by atoms with Crippen molar-refractivity contribution in [1.82, 2.24) is 30.2 Å². The number of methoxy groups -OCH3 is 1. The van der Waals surface area contributed by atoms with Crippen LogP contribution in [-0.4, -0.2) is 114 Å². The second-order valence-corrected chi connectivity index (χ2v) is 19.9. The molecule has 2 aliphatic heterocycles. The minimum Gasteiger partial charge on any atom is -0.494 e. The summed E-state index contributed by atoms with van der Waals surface area (Å²) in [6, 6.07) is 0.609. The number of ether oxygens (including phenoxy) is 4. The quantitative estimate of drug-likeness (QED) is 0.193. The van der Waals surface area contributed by atoms with Gasteiger partial charge in [-0.25, -0.2) is 23.2 Å². The van der Waals surface area contributed by atoms with Gasteiger partial charge in [-0.3, -0.25) is 19.1 Å². The number of alkyl halides is 6. The molecule has 2 saturated carbocycles. The van der Waals surface area contributed by atoms with Gasteiger partial charge < -0.3 is 34.5 Å². The molecule has 4 amide bonds. The molecule has 7 atom stereocenters. The van der Waals surface area contributed by atoms with Gasteiger partial charge in [-0.05, 0) is 84.3 Å². The first kappa shape index (κ1) is 48.5. The summed E-state index contributed by atoms with van der Waals surface area (Å²) in [4.78, 5) is 65.6. The van der Waals surface area contributed by atoms with Crippen molar-refractivity contribution < 1.29 is 72.9 Å². The maximum absolute atomic E-state index is 15.0. The average molecular weight is 935 g/mol. The Balaban J connectivity index is 1.42. The first-order valence-corrected chi connectivity index (χ1v) is 22.3. The van der Waals surface area contributed by atoms with Gasteiger partial charge in [-0.15, -0.1) is 0 Å². The van der Waals surface area contributed by atoms with Crippen LogP contribution in [0.1, 0.15) is 85.3 Å². The van der Waals surface area contributed by atoms with Crippen LogP contribution in [0.15, 0.2) is 30.4 Å². The van der Waals surface area contributed by atoms with E-state index in [9.17, 15) is 53.9 Å². The highest BCUT2D eigenvalue weighted by molar-refractivity contribution is 7.91. The number of allylic oxidation sites excluding steroid dienone is 1. The summed E-state index contributed by atoms with van der Waals surface area (Å²) >= 11 is 0. The summed E-state index contributed by atoms with van der Waals surface area (Å²) in [6.07, 6.45) is -8.76. The number of hydrogen-bond acceptors (Lipinski definition) is 12. The predicted molar refractivity (Wildman–Crippen MR) is 215 cm³/mol. The van der Waals surface area contributed by atoms with Gasteiger partial charge in [0.05, 0.1) is 35.5 Å². The number of nitrogens with zero attached hydrogens (tertiary/aromatic N) is 3. The van der Waals surface area contributed by atoms with Crippen LogP contribution in [0.5, 0.6) is 11.6 Å². The minimum atomic E-state index is -5.11. The van der Waals surface area contributed by atoms with Crippen LogP contribution >= 0.6 is 0 Å². The van der Waals surface area contributed by atoms with Gasteiger partial charge in [0.15, 0.2) is 0 Å². The van der Waals surface area contributed by atoms with E-state index in [-0.39, 0.29) is 48.8 Å². The Morgan fingerprint density at radius 3 is 2.38 bits per heavy atom. The summed E-state index contributed by atoms with van der Waals surface area (Å²) in [5.74, 6) is -5.77. The molecule has 64 heavy (non-hydrogen) atoms. The number of nitrogens with one attached hydrogen (secondary N) is 3. The summed E-state index contributed by atoms with van der Waals surface area (Å²) in [5, 5.41) is 4.89. The summed E-state index contributed by atoms with van der Waals surface area (Å²) in [7, 11) is -2.91. The van der Waals surface area contributed by atoms with Crippen LogP contribution in [0.4, 0.5) is 31.1 Å². The fourth-order valence-corrected chi connectivity index (χ4v) is 9.25. The molecule has 3 fully saturated rings. The molecule has 1 saturated heterocycles. The Bertz CT molecular complexity index is 2270. The molecular formula is C41H52F6N6O10S. The molecule has 354 valence electrons. The SMILES string of the molecule is CCOc1ccc2nc(C(F)(F)F)c(O[C@@H]3C[C@H]4C(=O)N[C@@]5(C(=O)NS(=O)(=O)C6(C)CC6)C[C@@H]5/C=C\CC[C@H](C)C[C@@H](COC)[C@H](NC(=O)OC(C)(C)C(F)(F)F)C(=O)N4C3)nc2c1. The van der Waals surface area contributed by atoms with Crippen molar-refractivity contribution in [2.45, 2.75) is 126 Å². The zero-order valence-electron chi connectivity index (χ0n) is 36.0. The third-order valence-electron chi connectivity index (χ3n) is 12.2. The number of benzene rings is 1. The number of fused-ring (bicyclic) bond motifs is 3. The second-order valence-electron chi connectivity index (χ2n) is 17.7. The zero-order chi connectivity index (χ0) is 47.2. The van der Waals surface area contributed by atoms with Crippen LogP contribution in [0.3, 0.4) is 0 Å². The first-order valence-electron chi connectivity index (χ1n) is 20.8. The molecule has 3 heterocycles. The lowest BCUT2D eigenvalue weighted by Crippen LogP contribution is -2.60. The van der Waals surface area contributed by atoms with E-state index in [4.69, 9.17) is 18.9 Å². The molecule has 0 bridgehead atoms. The third-order valence-corrected chi connectivity index (χ3v) is 14.4. The maximum atomic E-state index is 15.0. The molecule has 6 rings (SSSR count). The fraction of sp³-hybridized carbons (Fsp3) is 0.659. The Morgan fingerprint density at radius 1 is 1.05 bits per heavy atom. The first-order chi connectivity index (χ1) is 29.7. The van der Waals surface area contributed by atoms with Gasteiger partial charge in [-0.1, -0.05) is 19.1 Å². The van der Waals surface area contributed by atoms with E-state index in [0.29, 0.717) is 39.5 Å². The molecule has 1 aromatic heterocycles. The topological polar surface area (TPSA) is 204 Å². The van der Waals surface area contributed by atoms with Crippen molar-refractivity contribution >= 4 is 44.9 Å². The Labute approximate surface area is 365 Å². The van der Waals surface area contributed by atoms with Crippen LogP contribution in [0.2, 0.25) is 0 Å². The zero-order valence-corrected chi connectivity index (χ0v) is 36.8. The Morgan fingerprint density at radius 2 is 1.75 bits per heavy atom. The van der Waals surface area contributed by atoms with Gasteiger partial charge in [0.25, 0.3) is 5.91 Å². The second kappa shape index (κ2) is 17.8. The molecule has 0 radical (unpaired) electrons. The van der Waals surface area contributed by atoms with Crippen molar-refractivity contribution in [3.63, 3.8) is 0 Å². The molecule has 2 aliphatic carbocycles. The van der Waals surface area contributed by atoms with Crippen LogP contribution < -0.4 is 24.8 Å². The summed E-state index contributed by atoms with van der Waals surface area (Å²) in [6.45, 7) is 5.55. The normalized spacial score (nSPS) is 28.1. The number of carbonyl (C=O) groups excluding carboxylic acids is 4. The molecule has 2 aromatic rings. The van der Waals surface area contributed by atoms with E-state index in [0.717, 1.165) is 4.90 Å². The van der Waals surface area contributed by atoms with E-state index in [1.807, 2.05) is 6.92 Å². The monoisotopic (exact) mass is 934 g/mol. The molecule has 3 N–H and O–H groups in total. The largest absolute Gasteiger partial charge is 0.494 e. The molecule has 1 aromatic carbocycles. The Hall–Kier alpha value is -4.93. The molecule has 16 nitrogen and oxygen atoms in total. The number of carbonyl (C=O) groups is 4. The lowest BCUT2D eigenvalue weighted by atomic mass is 9.87. The molecule has 0 unspecified atom stereocenters. The number of hydrogen-bond donors (Lipinski definition) is 3. The molecule has 4 aliphatic rings. The van der Waals surface area contributed by atoms with E-state index in [1.54, 1.807) is 19.1 Å². The van der Waals surface area contributed by atoms with Crippen molar-refractivity contribution in [1.29, 1.82) is 0 Å². The van der Waals surface area contributed by atoms with E-state index in [2.05, 4.69) is 25.3 Å². The van der Waals surface area contributed by atoms with Gasteiger partial charge >= 0.3 is 18.4 Å². The van der Waals surface area contributed by atoms with Crippen LogP contribution in [-0.2, 0) is 40.1 Å². The van der Waals surface area contributed by atoms with E-state index in [1.165, 1.54) is 32.2 Å². The molecule has 0 spiro atoms. The Kier molecular flexibility index (Phi) is 13.5. The highest BCUT2D eigenvalue weighted by Crippen LogP contribution is 2.48. The predicted octanol–water partition coefficient (Wildman–Crippen LogP) is 5.34. The van der Waals surface area contributed by atoms with Gasteiger partial charge in [0, 0.05) is 31.4 Å². The van der Waals surface area contributed by atoms with Crippen LogP contribution in [0.25, 0.3) is 11.0 Å². The number of rotatable bonds is 11. The van der Waals surface area contributed by atoms with Crippen molar-refractivity contribution in [3.8, 4) is 11.6 Å². The molecular weight excluding hydrogens is 883 g/mol. The smallest absolute Gasteiger partial charge is 0.438 e. The number of halogens is 6. The van der Waals surface area contributed by atoms with E-state index >= 15 is 0 Å². The number of sulfonamides is 1. The summed E-state index contributed by atoms with van der Waals surface area (Å²) in [5.41, 5.74) is -6.58. The number of amides is 4. The number of aromatic nitrogens is 2. The fourth-order valence-electron chi connectivity index (χ4n) is 7.94. The summed E-state index contributed by atoms with van der Waals surface area (Å²) < 4.78 is 134. The van der Waals surface area contributed by atoms with Gasteiger partial charge in [0.1, 0.15) is 29.5 Å². The number of alkyl carbamates (subject to hydrolysis) is 1.